The number of anilines is 1. The molecule has 1 N–H and O–H groups in total. The Balaban J connectivity index is 1.40. The van der Waals surface area contributed by atoms with Crippen LogP contribution in [0.1, 0.15) is 19.3 Å². The molecule has 3 amide bonds. The van der Waals surface area contributed by atoms with Crippen molar-refractivity contribution in [1.29, 1.82) is 0 Å². The van der Waals surface area contributed by atoms with E-state index in [9.17, 15) is 14.4 Å². The molecule has 136 valence electrons. The molecule has 1 aromatic rings. The van der Waals surface area contributed by atoms with Crippen LogP contribution in [0.15, 0.2) is 36.4 Å². The van der Waals surface area contributed by atoms with E-state index < -0.39 is 0 Å². The molecule has 0 spiro atoms. The van der Waals surface area contributed by atoms with Gasteiger partial charge in [-0.05, 0) is 36.8 Å². The number of carbonyl (C=O) groups is 3. The molecule has 0 radical (unpaired) electrons. The van der Waals surface area contributed by atoms with Crippen LogP contribution >= 0.6 is 0 Å². The molecule has 5 rings (SSSR count). The van der Waals surface area contributed by atoms with Gasteiger partial charge in [-0.2, -0.15) is 0 Å². The smallest absolute Gasteiger partial charge is 0.233 e. The van der Waals surface area contributed by atoms with Gasteiger partial charge >= 0.3 is 0 Å². The molecule has 26 heavy (non-hydrogen) atoms. The molecule has 2 bridgehead atoms. The predicted molar refractivity (Wildman–Crippen MR) is 95.3 cm³/mol. The molecule has 1 saturated heterocycles. The fraction of sp³-hybridized carbons (Fsp3) is 0.450. The second-order valence-electron chi connectivity index (χ2n) is 7.17. The van der Waals surface area contributed by atoms with Crippen molar-refractivity contribution in [3.8, 4) is 5.75 Å². The minimum absolute atomic E-state index is 0.0811. The first-order chi connectivity index (χ1) is 12.6. The molecule has 6 nitrogen and oxygen atoms in total. The number of methoxy groups -OCH3 is 1. The van der Waals surface area contributed by atoms with Crippen molar-refractivity contribution >= 4 is 23.4 Å². The number of amides is 3. The van der Waals surface area contributed by atoms with Gasteiger partial charge in [0.15, 0.2) is 0 Å². The van der Waals surface area contributed by atoms with Crippen molar-refractivity contribution in [2.45, 2.75) is 19.3 Å². The molecule has 1 heterocycles. The maximum absolute atomic E-state index is 12.7. The monoisotopic (exact) mass is 354 g/mol. The first-order valence-corrected chi connectivity index (χ1v) is 9.06. The van der Waals surface area contributed by atoms with E-state index in [1.807, 2.05) is 6.07 Å². The SMILES string of the molecule is COc1ccccc1NC(=O)CCN1C(=O)C2C3C=CC(CC3)C2C1=O. The van der Waals surface area contributed by atoms with Crippen LogP contribution in [0.25, 0.3) is 0 Å². The van der Waals surface area contributed by atoms with Crippen molar-refractivity contribution < 1.29 is 19.1 Å². The summed E-state index contributed by atoms with van der Waals surface area (Å²) in [6, 6.07) is 7.14. The van der Waals surface area contributed by atoms with Gasteiger partial charge in [-0.25, -0.2) is 0 Å². The quantitative estimate of drug-likeness (QED) is 0.650. The minimum Gasteiger partial charge on any atom is -0.495 e. The molecule has 4 atom stereocenters. The molecule has 1 aliphatic heterocycles. The minimum atomic E-state index is -0.244. The Hall–Kier alpha value is -2.63. The molecule has 6 heteroatoms. The van der Waals surface area contributed by atoms with Crippen LogP contribution in [-0.4, -0.2) is 36.3 Å². The summed E-state index contributed by atoms with van der Waals surface area (Å²) in [7, 11) is 1.54. The number of benzene rings is 1. The summed E-state index contributed by atoms with van der Waals surface area (Å²) in [5.74, 6) is 0.0250. The zero-order valence-electron chi connectivity index (χ0n) is 14.7. The Morgan fingerprint density at radius 1 is 1.12 bits per heavy atom. The fourth-order valence-electron chi connectivity index (χ4n) is 4.53. The largest absolute Gasteiger partial charge is 0.495 e. The summed E-state index contributed by atoms with van der Waals surface area (Å²) in [6.45, 7) is 0.130. The third-order valence-electron chi connectivity index (χ3n) is 5.79. The standard InChI is InChI=1S/C20H22N2O4/c1-26-15-5-3-2-4-14(15)21-16(23)10-11-22-19(24)17-12-6-7-13(9-8-12)18(17)20(22)25/h2-7,12-13,17-18H,8-11H2,1H3,(H,21,23). The van der Waals surface area contributed by atoms with Gasteiger partial charge < -0.3 is 10.1 Å². The number of ether oxygens (including phenoxy) is 1. The van der Waals surface area contributed by atoms with Crippen molar-refractivity contribution in [3.05, 3.63) is 36.4 Å². The van der Waals surface area contributed by atoms with Crippen LogP contribution in [0.2, 0.25) is 0 Å². The average molecular weight is 354 g/mol. The lowest BCUT2D eigenvalue weighted by atomic mass is 9.63. The van der Waals surface area contributed by atoms with Crippen molar-refractivity contribution in [2.24, 2.45) is 23.7 Å². The Labute approximate surface area is 152 Å². The van der Waals surface area contributed by atoms with E-state index in [0.717, 1.165) is 12.8 Å². The van der Waals surface area contributed by atoms with E-state index in [2.05, 4.69) is 17.5 Å². The maximum Gasteiger partial charge on any atom is 0.233 e. The Kier molecular flexibility index (Phi) is 4.26. The number of para-hydroxylation sites is 2. The highest BCUT2D eigenvalue weighted by atomic mass is 16.5. The van der Waals surface area contributed by atoms with E-state index >= 15 is 0 Å². The molecule has 4 aliphatic rings. The van der Waals surface area contributed by atoms with Gasteiger partial charge in [-0.1, -0.05) is 24.3 Å². The number of rotatable bonds is 5. The molecule has 1 aromatic carbocycles. The highest BCUT2D eigenvalue weighted by Crippen LogP contribution is 2.49. The zero-order chi connectivity index (χ0) is 18.3. The third-order valence-corrected chi connectivity index (χ3v) is 5.79. The molecule has 2 fully saturated rings. The van der Waals surface area contributed by atoms with Gasteiger partial charge in [-0.15, -0.1) is 0 Å². The number of allylic oxidation sites excluding steroid dienone is 2. The lowest BCUT2D eigenvalue weighted by Gasteiger charge is -2.38. The fourth-order valence-corrected chi connectivity index (χ4v) is 4.53. The predicted octanol–water partition coefficient (Wildman–Crippen LogP) is 2.22. The summed E-state index contributed by atoms with van der Waals surface area (Å²) < 4.78 is 5.21. The van der Waals surface area contributed by atoms with Gasteiger partial charge in [0.1, 0.15) is 5.75 Å². The summed E-state index contributed by atoms with van der Waals surface area (Å²) in [5, 5.41) is 2.78. The van der Waals surface area contributed by atoms with Crippen LogP contribution < -0.4 is 10.1 Å². The number of carbonyl (C=O) groups excluding carboxylic acids is 3. The van der Waals surface area contributed by atoms with Crippen LogP contribution in [0, 0.1) is 23.7 Å². The lowest BCUT2D eigenvalue weighted by Crippen LogP contribution is -2.38. The lowest BCUT2D eigenvalue weighted by molar-refractivity contribution is -0.140. The first-order valence-electron chi connectivity index (χ1n) is 9.06. The Bertz CT molecular complexity index is 756. The number of hydrogen-bond donors (Lipinski definition) is 1. The van der Waals surface area contributed by atoms with Crippen LogP contribution in [0.5, 0.6) is 5.75 Å². The van der Waals surface area contributed by atoms with Crippen molar-refractivity contribution in [2.75, 3.05) is 19.0 Å². The van der Waals surface area contributed by atoms with E-state index in [1.54, 1.807) is 18.2 Å². The van der Waals surface area contributed by atoms with Crippen LogP contribution in [0.3, 0.4) is 0 Å². The number of nitrogens with zero attached hydrogens (tertiary/aromatic N) is 1. The number of imide groups is 1. The van der Waals surface area contributed by atoms with Crippen molar-refractivity contribution in [3.63, 3.8) is 0 Å². The second kappa shape index (κ2) is 6.59. The normalized spacial score (nSPS) is 29.0. The van der Waals surface area contributed by atoms with Crippen molar-refractivity contribution in [1.82, 2.24) is 4.90 Å². The van der Waals surface area contributed by atoms with Crippen LogP contribution in [-0.2, 0) is 14.4 Å². The van der Waals surface area contributed by atoms with E-state index in [0.29, 0.717) is 11.4 Å². The first kappa shape index (κ1) is 16.8. The van der Waals surface area contributed by atoms with E-state index in [4.69, 9.17) is 4.74 Å². The summed E-state index contributed by atoms with van der Waals surface area (Å²) >= 11 is 0. The zero-order valence-corrected chi connectivity index (χ0v) is 14.7. The maximum atomic E-state index is 12.7. The molecular formula is C20H22N2O4. The van der Waals surface area contributed by atoms with Gasteiger partial charge in [0, 0.05) is 13.0 Å². The average Bonchev–Trinajstić information content (AvgIpc) is 2.94. The number of fused-ring (bicyclic) bond motifs is 1. The van der Waals surface area contributed by atoms with E-state index in [-0.39, 0.29) is 54.4 Å². The summed E-state index contributed by atoms with van der Waals surface area (Å²) in [4.78, 5) is 39.0. The van der Waals surface area contributed by atoms with Gasteiger partial charge in [-0.3, -0.25) is 19.3 Å². The molecule has 0 aromatic heterocycles. The van der Waals surface area contributed by atoms with Gasteiger partial charge in [0.05, 0.1) is 24.6 Å². The summed E-state index contributed by atoms with van der Waals surface area (Å²) in [5.41, 5.74) is 0.579. The van der Waals surface area contributed by atoms with Gasteiger partial charge in [0.25, 0.3) is 0 Å². The Morgan fingerprint density at radius 3 is 2.31 bits per heavy atom. The Morgan fingerprint density at radius 2 is 1.73 bits per heavy atom. The number of nitrogens with one attached hydrogen (secondary N) is 1. The topological polar surface area (TPSA) is 75.7 Å². The number of hydrogen-bond acceptors (Lipinski definition) is 4. The number of likely N-dealkylation sites (tertiary alicyclic amines) is 1. The molecular weight excluding hydrogens is 332 g/mol. The highest BCUT2D eigenvalue weighted by Gasteiger charge is 2.56. The van der Waals surface area contributed by atoms with E-state index in [1.165, 1.54) is 12.0 Å². The second-order valence-corrected chi connectivity index (χ2v) is 7.17. The highest BCUT2D eigenvalue weighted by molar-refractivity contribution is 6.06. The third kappa shape index (κ3) is 2.69. The molecule has 1 saturated carbocycles. The summed E-state index contributed by atoms with van der Waals surface area (Å²) in [6.07, 6.45) is 6.22. The molecule has 3 aliphatic carbocycles. The van der Waals surface area contributed by atoms with Gasteiger partial charge in [0.2, 0.25) is 17.7 Å². The molecule has 4 unspecified atom stereocenters. The van der Waals surface area contributed by atoms with Crippen LogP contribution in [0.4, 0.5) is 5.69 Å².